The molecule has 29 heavy (non-hydrogen) atoms. The molecule has 0 saturated heterocycles. The molecular formula is C22H22N4O3. The van der Waals surface area contributed by atoms with Gasteiger partial charge in [0.25, 0.3) is 5.91 Å². The van der Waals surface area contributed by atoms with Gasteiger partial charge in [-0.2, -0.15) is 0 Å². The number of hydrogen-bond acceptors (Lipinski definition) is 6. The molecule has 2 aromatic heterocycles. The lowest BCUT2D eigenvalue weighted by Crippen LogP contribution is -2.25. The van der Waals surface area contributed by atoms with Crippen LogP contribution >= 0.6 is 0 Å². The van der Waals surface area contributed by atoms with Gasteiger partial charge >= 0.3 is 0 Å². The molecule has 0 aliphatic carbocycles. The summed E-state index contributed by atoms with van der Waals surface area (Å²) in [7, 11) is 0. The van der Waals surface area contributed by atoms with Gasteiger partial charge in [0.05, 0.1) is 5.56 Å². The first-order valence-electron chi connectivity index (χ1n) is 9.54. The molecule has 148 valence electrons. The highest BCUT2D eigenvalue weighted by Crippen LogP contribution is 2.32. The molecule has 7 nitrogen and oxygen atoms in total. The first-order valence-corrected chi connectivity index (χ1v) is 9.54. The van der Waals surface area contributed by atoms with E-state index in [9.17, 15) is 4.79 Å². The Hall–Kier alpha value is -3.61. The number of aryl methyl sites for hydroxylation is 1. The maximum Gasteiger partial charge on any atom is 0.252 e. The SMILES string of the molecule is O=C(NCCCc1ccccn1)c1ccc(NCc2ccc3c(c2)OCO3)nc1. The number of nitrogens with one attached hydrogen (secondary N) is 2. The predicted octanol–water partition coefficient (Wildman–Crippen LogP) is 3.18. The zero-order valence-electron chi connectivity index (χ0n) is 15.9. The second-order valence-corrected chi connectivity index (χ2v) is 6.65. The van der Waals surface area contributed by atoms with Crippen molar-refractivity contribution in [3.63, 3.8) is 0 Å². The van der Waals surface area contributed by atoms with Crippen molar-refractivity contribution in [1.82, 2.24) is 15.3 Å². The summed E-state index contributed by atoms with van der Waals surface area (Å²) in [5.41, 5.74) is 2.63. The van der Waals surface area contributed by atoms with Crippen molar-refractivity contribution in [1.29, 1.82) is 0 Å². The Labute approximate surface area is 169 Å². The fraction of sp³-hybridized carbons (Fsp3) is 0.227. The summed E-state index contributed by atoms with van der Waals surface area (Å²) >= 11 is 0. The number of ether oxygens (including phenoxy) is 2. The monoisotopic (exact) mass is 390 g/mol. The van der Waals surface area contributed by atoms with Gasteiger partial charge in [0, 0.05) is 31.2 Å². The van der Waals surface area contributed by atoms with E-state index in [-0.39, 0.29) is 12.7 Å². The molecule has 1 aliphatic rings. The summed E-state index contributed by atoms with van der Waals surface area (Å²) in [5, 5.41) is 6.16. The Morgan fingerprint density at radius 1 is 1.03 bits per heavy atom. The van der Waals surface area contributed by atoms with Gasteiger partial charge in [0.2, 0.25) is 6.79 Å². The molecular weight excluding hydrogens is 368 g/mol. The van der Waals surface area contributed by atoms with Gasteiger partial charge in [-0.25, -0.2) is 4.98 Å². The van der Waals surface area contributed by atoms with Gasteiger partial charge in [-0.3, -0.25) is 9.78 Å². The van der Waals surface area contributed by atoms with E-state index in [1.165, 1.54) is 0 Å². The Morgan fingerprint density at radius 2 is 1.97 bits per heavy atom. The maximum atomic E-state index is 12.2. The van der Waals surface area contributed by atoms with Gasteiger partial charge in [-0.05, 0) is 54.8 Å². The Bertz CT molecular complexity index is 962. The van der Waals surface area contributed by atoms with Crippen molar-refractivity contribution in [2.24, 2.45) is 0 Å². The number of hydrogen-bond donors (Lipinski definition) is 2. The Kier molecular flexibility index (Phi) is 5.85. The molecule has 0 spiro atoms. The predicted molar refractivity (Wildman–Crippen MR) is 109 cm³/mol. The van der Waals surface area contributed by atoms with Crippen LogP contribution in [0.1, 0.15) is 28.0 Å². The summed E-state index contributed by atoms with van der Waals surface area (Å²) < 4.78 is 10.7. The van der Waals surface area contributed by atoms with E-state index < -0.39 is 0 Å². The van der Waals surface area contributed by atoms with Crippen molar-refractivity contribution < 1.29 is 14.3 Å². The Morgan fingerprint density at radius 3 is 2.79 bits per heavy atom. The lowest BCUT2D eigenvalue weighted by Gasteiger charge is -2.08. The number of pyridine rings is 2. The quantitative estimate of drug-likeness (QED) is 0.575. The number of rotatable bonds is 8. The molecule has 4 rings (SSSR count). The number of aromatic nitrogens is 2. The van der Waals surface area contributed by atoms with Gasteiger partial charge in [0.15, 0.2) is 11.5 Å². The minimum atomic E-state index is -0.124. The molecule has 0 radical (unpaired) electrons. The van der Waals surface area contributed by atoms with E-state index in [1.807, 2.05) is 36.4 Å². The number of fused-ring (bicyclic) bond motifs is 1. The molecule has 3 aromatic rings. The van der Waals surface area contributed by atoms with Crippen molar-refractivity contribution in [3.8, 4) is 11.5 Å². The van der Waals surface area contributed by atoms with E-state index >= 15 is 0 Å². The Balaban J connectivity index is 1.22. The third-order valence-corrected chi connectivity index (χ3v) is 4.56. The zero-order valence-corrected chi connectivity index (χ0v) is 15.9. The fourth-order valence-corrected chi connectivity index (χ4v) is 3.00. The van der Waals surface area contributed by atoms with Gasteiger partial charge in [-0.1, -0.05) is 12.1 Å². The van der Waals surface area contributed by atoms with Gasteiger partial charge < -0.3 is 20.1 Å². The third kappa shape index (κ3) is 5.01. The highest BCUT2D eigenvalue weighted by Gasteiger charge is 2.13. The van der Waals surface area contributed by atoms with Crippen LogP contribution in [0.2, 0.25) is 0 Å². The summed E-state index contributed by atoms with van der Waals surface area (Å²) in [4.78, 5) is 20.8. The fourth-order valence-electron chi connectivity index (χ4n) is 3.00. The van der Waals surface area contributed by atoms with Crippen molar-refractivity contribution in [2.75, 3.05) is 18.7 Å². The van der Waals surface area contributed by atoms with E-state index in [1.54, 1.807) is 24.5 Å². The number of anilines is 1. The van der Waals surface area contributed by atoms with Crippen molar-refractivity contribution >= 4 is 11.7 Å². The van der Waals surface area contributed by atoms with E-state index in [0.717, 1.165) is 35.6 Å². The number of amides is 1. The van der Waals surface area contributed by atoms with Crippen molar-refractivity contribution in [2.45, 2.75) is 19.4 Å². The average Bonchev–Trinajstić information content (AvgIpc) is 3.24. The lowest BCUT2D eigenvalue weighted by atomic mass is 10.2. The van der Waals surface area contributed by atoms with Crippen LogP contribution < -0.4 is 20.1 Å². The minimum absolute atomic E-state index is 0.124. The molecule has 0 bridgehead atoms. The highest BCUT2D eigenvalue weighted by molar-refractivity contribution is 5.94. The van der Waals surface area contributed by atoms with Gasteiger partial charge in [-0.15, -0.1) is 0 Å². The summed E-state index contributed by atoms with van der Waals surface area (Å²) in [5.74, 6) is 2.10. The van der Waals surface area contributed by atoms with E-state index in [2.05, 4.69) is 20.6 Å². The van der Waals surface area contributed by atoms with E-state index in [0.29, 0.717) is 24.5 Å². The molecule has 0 unspecified atom stereocenters. The first kappa shape index (κ1) is 18.7. The van der Waals surface area contributed by atoms with Crippen LogP contribution in [0.4, 0.5) is 5.82 Å². The van der Waals surface area contributed by atoms with Crippen LogP contribution in [0.3, 0.4) is 0 Å². The molecule has 1 aliphatic heterocycles. The number of benzene rings is 1. The van der Waals surface area contributed by atoms with Crippen LogP contribution in [-0.4, -0.2) is 29.2 Å². The molecule has 0 saturated carbocycles. The second kappa shape index (κ2) is 9.05. The second-order valence-electron chi connectivity index (χ2n) is 6.65. The van der Waals surface area contributed by atoms with Crippen LogP contribution in [0, 0.1) is 0 Å². The normalized spacial score (nSPS) is 11.9. The van der Waals surface area contributed by atoms with Crippen molar-refractivity contribution in [3.05, 3.63) is 77.7 Å². The molecule has 7 heteroatoms. The molecule has 0 atom stereocenters. The number of carbonyl (C=O) groups is 1. The lowest BCUT2D eigenvalue weighted by molar-refractivity contribution is 0.0953. The standard InChI is InChI=1S/C22H22N4O3/c27-22(24-11-3-5-18-4-1-2-10-23-18)17-7-9-21(26-14-17)25-13-16-6-8-19-20(12-16)29-15-28-19/h1-2,4,6-10,12,14H,3,5,11,13,15H2,(H,24,27)(H,25,26). The van der Waals surface area contributed by atoms with Crippen LogP contribution in [-0.2, 0) is 13.0 Å². The van der Waals surface area contributed by atoms with E-state index in [4.69, 9.17) is 9.47 Å². The topological polar surface area (TPSA) is 85.4 Å². The molecule has 1 amide bonds. The molecule has 1 aromatic carbocycles. The number of nitrogens with zero attached hydrogens (tertiary/aromatic N) is 2. The van der Waals surface area contributed by atoms with Gasteiger partial charge in [0.1, 0.15) is 5.82 Å². The number of carbonyl (C=O) groups excluding carboxylic acids is 1. The average molecular weight is 390 g/mol. The molecule has 0 fully saturated rings. The summed E-state index contributed by atoms with van der Waals surface area (Å²) in [6.45, 7) is 1.46. The van der Waals surface area contributed by atoms with Crippen LogP contribution in [0.15, 0.2) is 60.9 Å². The maximum absolute atomic E-state index is 12.2. The minimum Gasteiger partial charge on any atom is -0.454 e. The van der Waals surface area contributed by atoms with Crippen LogP contribution in [0.5, 0.6) is 11.5 Å². The van der Waals surface area contributed by atoms with Crippen LogP contribution in [0.25, 0.3) is 0 Å². The summed E-state index contributed by atoms with van der Waals surface area (Å²) in [6, 6.07) is 15.2. The third-order valence-electron chi connectivity index (χ3n) is 4.56. The highest BCUT2D eigenvalue weighted by atomic mass is 16.7. The molecule has 3 heterocycles. The smallest absolute Gasteiger partial charge is 0.252 e. The summed E-state index contributed by atoms with van der Waals surface area (Å²) in [6.07, 6.45) is 5.03. The zero-order chi connectivity index (χ0) is 19.9. The molecule has 2 N–H and O–H groups in total. The largest absolute Gasteiger partial charge is 0.454 e. The first-order chi connectivity index (χ1) is 14.3.